The Morgan fingerprint density at radius 1 is 1.09 bits per heavy atom. The molecule has 0 saturated carbocycles. The monoisotopic (exact) mass is 703 g/mol. The zero-order valence-electron chi connectivity index (χ0n) is 25.5. The van der Waals surface area contributed by atoms with E-state index < -0.39 is 58.0 Å². The summed E-state index contributed by atoms with van der Waals surface area (Å²) in [7, 11) is 1.47. The van der Waals surface area contributed by atoms with Crippen LogP contribution in [-0.4, -0.2) is 65.0 Å². The van der Waals surface area contributed by atoms with Crippen LogP contribution >= 0.6 is 22.9 Å². The molecule has 1 aromatic carbocycles. The van der Waals surface area contributed by atoms with Gasteiger partial charge in [0.1, 0.15) is 16.3 Å². The van der Waals surface area contributed by atoms with Gasteiger partial charge in [0.15, 0.2) is 0 Å². The Labute approximate surface area is 276 Å². The third kappa shape index (κ3) is 6.95. The molecule has 0 radical (unpaired) electrons. The Hall–Kier alpha value is -3.36. The van der Waals surface area contributed by atoms with Gasteiger partial charge in [0.2, 0.25) is 5.60 Å². The quantitative estimate of drug-likeness (QED) is 0.224. The van der Waals surface area contributed by atoms with Crippen molar-refractivity contribution in [3.05, 3.63) is 80.3 Å². The van der Waals surface area contributed by atoms with E-state index in [0.29, 0.717) is 29.2 Å². The van der Waals surface area contributed by atoms with Gasteiger partial charge in [0, 0.05) is 49.3 Å². The van der Waals surface area contributed by atoms with Crippen molar-refractivity contribution in [3.8, 4) is 5.75 Å². The van der Waals surface area contributed by atoms with Gasteiger partial charge in [-0.15, -0.1) is 11.3 Å². The van der Waals surface area contributed by atoms with Gasteiger partial charge in [-0.1, -0.05) is 31.0 Å². The number of carbonyl (C=O) groups is 2. The molecule has 4 heterocycles. The van der Waals surface area contributed by atoms with Crippen molar-refractivity contribution in [2.75, 3.05) is 26.8 Å². The Morgan fingerprint density at radius 3 is 2.51 bits per heavy atom. The molecule has 15 heteroatoms. The topological polar surface area (TPSA) is 72.0 Å². The number of benzene rings is 1. The molecular formula is C32H32ClF6N3O4S. The van der Waals surface area contributed by atoms with Gasteiger partial charge in [-0.05, 0) is 54.7 Å². The average molecular weight is 704 g/mol. The summed E-state index contributed by atoms with van der Waals surface area (Å²) in [6.45, 7) is 2.00. The van der Waals surface area contributed by atoms with Crippen molar-refractivity contribution in [1.82, 2.24) is 14.8 Å². The number of aromatic nitrogens is 1. The lowest BCUT2D eigenvalue weighted by Gasteiger charge is -2.51. The van der Waals surface area contributed by atoms with E-state index >= 15 is 4.79 Å². The highest BCUT2D eigenvalue weighted by Gasteiger charge is 2.57. The van der Waals surface area contributed by atoms with E-state index in [9.17, 15) is 31.1 Å². The average Bonchev–Trinajstić information content (AvgIpc) is 3.50. The second kappa shape index (κ2) is 13.6. The molecule has 1 fully saturated rings. The molecule has 0 aliphatic carbocycles. The van der Waals surface area contributed by atoms with Crippen LogP contribution < -0.4 is 4.74 Å². The number of hydrogen-bond donors (Lipinski definition) is 0. The maximum Gasteiger partial charge on any atom is 0.425 e. The van der Waals surface area contributed by atoms with Crippen LogP contribution in [0.25, 0.3) is 0 Å². The Bertz CT molecular complexity index is 1620. The van der Waals surface area contributed by atoms with Gasteiger partial charge in [-0.2, -0.15) is 26.3 Å². The summed E-state index contributed by atoms with van der Waals surface area (Å²) in [6, 6.07) is 6.10. The van der Waals surface area contributed by atoms with E-state index in [1.54, 1.807) is 25.1 Å². The number of halogens is 7. The second-order valence-electron chi connectivity index (χ2n) is 11.5. The van der Waals surface area contributed by atoms with Crippen LogP contribution in [0.15, 0.2) is 48.0 Å². The SMILES string of the molecule is CCC[C@H]1N(C(=O)c2ncccc2C(F)(F)F)CCC[C@]1(Oc1csc(C(F)(F)F)c1)C(=O)N1CCc2cc(Cl)ccc2C1COC. The first kappa shape index (κ1) is 35.0. The predicted octanol–water partition coefficient (Wildman–Crippen LogP) is 7.83. The lowest BCUT2D eigenvalue weighted by Crippen LogP contribution is -2.68. The molecule has 5 rings (SSSR count). The van der Waals surface area contributed by atoms with Crippen molar-refractivity contribution in [3.63, 3.8) is 0 Å². The molecule has 3 aromatic rings. The first-order valence-corrected chi connectivity index (χ1v) is 16.2. The number of hydrogen-bond acceptors (Lipinski definition) is 6. The van der Waals surface area contributed by atoms with Gasteiger partial charge in [0.05, 0.1) is 24.3 Å². The fraction of sp³-hybridized carbons (Fsp3) is 0.469. The van der Waals surface area contributed by atoms with Crippen LogP contribution in [0.2, 0.25) is 5.02 Å². The molecule has 2 aliphatic heterocycles. The maximum absolute atomic E-state index is 15.0. The minimum Gasteiger partial charge on any atom is -0.474 e. The summed E-state index contributed by atoms with van der Waals surface area (Å²) in [5, 5.41) is 1.65. The van der Waals surface area contributed by atoms with E-state index in [0.717, 1.165) is 40.9 Å². The number of carbonyl (C=O) groups excluding carboxylic acids is 2. The number of methoxy groups -OCH3 is 1. The van der Waals surface area contributed by atoms with Gasteiger partial charge in [-0.25, -0.2) is 0 Å². The van der Waals surface area contributed by atoms with Crippen LogP contribution in [0.5, 0.6) is 5.75 Å². The highest BCUT2D eigenvalue weighted by molar-refractivity contribution is 7.10. The van der Waals surface area contributed by atoms with Crippen molar-refractivity contribution >= 4 is 34.8 Å². The number of pyridine rings is 1. The second-order valence-corrected chi connectivity index (χ2v) is 12.9. The zero-order chi connectivity index (χ0) is 34.1. The molecule has 7 nitrogen and oxygen atoms in total. The maximum atomic E-state index is 15.0. The number of rotatable bonds is 8. The Morgan fingerprint density at radius 2 is 1.85 bits per heavy atom. The fourth-order valence-electron chi connectivity index (χ4n) is 6.58. The standard InChI is InChI=1S/C32H32ClF6N3O4S/c1-3-6-25-30(46-21-16-26(47-18-21)32(37,38)39,11-5-13-42(25)28(43)27-23(31(34,35)36)7-4-12-40-27)29(44)41-14-10-19-15-20(33)8-9-22(19)24(41)17-45-2/h4,7-9,12,15-16,18,24-25H,3,5-6,10-11,13-14,17H2,1-2H3/t24?,25-,30-/m1/s1. The first-order valence-electron chi connectivity index (χ1n) is 15.0. The minimum absolute atomic E-state index is 0.00446. The molecule has 1 unspecified atom stereocenters. The van der Waals surface area contributed by atoms with Crippen LogP contribution in [-0.2, 0) is 28.3 Å². The summed E-state index contributed by atoms with van der Waals surface area (Å²) in [5.41, 5.74) is -2.36. The van der Waals surface area contributed by atoms with Crippen molar-refractivity contribution in [2.24, 2.45) is 0 Å². The van der Waals surface area contributed by atoms with Gasteiger partial charge in [0.25, 0.3) is 11.8 Å². The number of amides is 2. The summed E-state index contributed by atoms with van der Waals surface area (Å²) in [4.78, 5) is 34.6. The third-order valence-electron chi connectivity index (χ3n) is 8.56. The molecular weight excluding hydrogens is 672 g/mol. The predicted molar refractivity (Wildman–Crippen MR) is 162 cm³/mol. The number of likely N-dealkylation sites (tertiary alicyclic amines) is 1. The largest absolute Gasteiger partial charge is 0.474 e. The van der Waals surface area contributed by atoms with Crippen molar-refractivity contribution < 1.29 is 45.4 Å². The van der Waals surface area contributed by atoms with Crippen LogP contribution in [0, 0.1) is 0 Å². The lowest BCUT2D eigenvalue weighted by atomic mass is 9.78. The summed E-state index contributed by atoms with van der Waals surface area (Å²) < 4.78 is 94.7. The van der Waals surface area contributed by atoms with E-state index in [4.69, 9.17) is 21.1 Å². The van der Waals surface area contributed by atoms with Crippen molar-refractivity contribution in [2.45, 2.75) is 69.1 Å². The van der Waals surface area contributed by atoms with E-state index in [2.05, 4.69) is 4.98 Å². The number of nitrogens with zero attached hydrogens (tertiary/aromatic N) is 3. The number of thiophene rings is 1. The molecule has 254 valence electrons. The number of ether oxygens (including phenoxy) is 2. The van der Waals surface area contributed by atoms with Gasteiger partial charge >= 0.3 is 12.4 Å². The number of alkyl halides is 6. The normalized spacial score (nSPS) is 21.8. The van der Waals surface area contributed by atoms with Crippen LogP contribution in [0.4, 0.5) is 26.3 Å². The molecule has 0 N–H and O–H groups in total. The van der Waals surface area contributed by atoms with E-state index in [-0.39, 0.29) is 44.7 Å². The molecule has 47 heavy (non-hydrogen) atoms. The van der Waals surface area contributed by atoms with Crippen LogP contribution in [0.1, 0.15) is 70.7 Å². The lowest BCUT2D eigenvalue weighted by molar-refractivity contribution is -0.163. The smallest absolute Gasteiger partial charge is 0.425 e. The molecule has 2 amide bonds. The highest BCUT2D eigenvalue weighted by Crippen LogP contribution is 2.44. The molecule has 0 bridgehead atoms. The van der Waals surface area contributed by atoms with Crippen molar-refractivity contribution in [1.29, 1.82) is 0 Å². The molecule has 2 aliphatic rings. The minimum atomic E-state index is -4.89. The summed E-state index contributed by atoms with van der Waals surface area (Å²) in [5.74, 6) is -1.88. The zero-order valence-corrected chi connectivity index (χ0v) is 27.0. The molecule has 3 atom stereocenters. The number of piperidine rings is 1. The first-order chi connectivity index (χ1) is 22.2. The molecule has 1 saturated heterocycles. The summed E-state index contributed by atoms with van der Waals surface area (Å²) in [6.07, 6.45) is -7.48. The molecule has 2 aromatic heterocycles. The van der Waals surface area contributed by atoms with E-state index in [1.807, 2.05) is 0 Å². The molecule has 0 spiro atoms. The third-order valence-corrected chi connectivity index (χ3v) is 9.75. The van der Waals surface area contributed by atoms with E-state index in [1.165, 1.54) is 16.9 Å². The summed E-state index contributed by atoms with van der Waals surface area (Å²) >= 11 is 6.63. The van der Waals surface area contributed by atoms with Gasteiger partial charge in [-0.3, -0.25) is 14.6 Å². The van der Waals surface area contributed by atoms with Crippen LogP contribution in [0.3, 0.4) is 0 Å². The number of fused-ring (bicyclic) bond motifs is 1. The Kier molecular flexibility index (Phi) is 10.1. The Balaban J connectivity index is 1.64. The fourth-order valence-corrected chi connectivity index (χ4v) is 7.45. The van der Waals surface area contributed by atoms with Gasteiger partial charge < -0.3 is 19.3 Å². The highest BCUT2D eigenvalue weighted by atomic mass is 35.5.